The molecule has 3 heteroatoms. The Bertz CT molecular complexity index is 413. The Balaban J connectivity index is 2.07. The third-order valence-corrected chi connectivity index (χ3v) is 4.00. The molecule has 2 unspecified atom stereocenters. The van der Waals surface area contributed by atoms with Crippen LogP contribution in [0.5, 0.6) is 0 Å². The number of piperidine rings is 1. The van der Waals surface area contributed by atoms with E-state index in [1.54, 1.807) is 0 Å². The van der Waals surface area contributed by atoms with Gasteiger partial charge in [0.2, 0.25) is 0 Å². The van der Waals surface area contributed by atoms with Gasteiger partial charge in [-0.15, -0.1) is 0 Å². The first-order valence-corrected chi connectivity index (χ1v) is 6.68. The molecule has 18 heavy (non-hydrogen) atoms. The molecule has 0 saturated carbocycles. The molecule has 1 aliphatic heterocycles. The van der Waals surface area contributed by atoms with Crippen LogP contribution in [-0.4, -0.2) is 30.4 Å². The lowest BCUT2D eigenvalue weighted by Gasteiger charge is -2.36. The maximum atomic E-state index is 12.4. The van der Waals surface area contributed by atoms with E-state index in [-0.39, 0.29) is 5.91 Å². The summed E-state index contributed by atoms with van der Waals surface area (Å²) in [7, 11) is 0. The van der Waals surface area contributed by atoms with Gasteiger partial charge in [-0.25, -0.2) is 0 Å². The number of hydrogen-bond acceptors (Lipinski definition) is 2. The van der Waals surface area contributed by atoms with E-state index in [1.807, 2.05) is 36.1 Å². The Morgan fingerprint density at radius 2 is 2.06 bits per heavy atom. The van der Waals surface area contributed by atoms with Crippen molar-refractivity contribution in [2.75, 3.05) is 19.6 Å². The zero-order chi connectivity index (χ0) is 13.1. The number of benzene rings is 1. The van der Waals surface area contributed by atoms with Gasteiger partial charge in [0.1, 0.15) is 0 Å². The normalized spacial score (nSPS) is 24.1. The van der Waals surface area contributed by atoms with Crippen LogP contribution in [-0.2, 0) is 0 Å². The van der Waals surface area contributed by atoms with Crippen molar-refractivity contribution in [3.05, 3.63) is 35.4 Å². The third-order valence-electron chi connectivity index (χ3n) is 4.00. The molecule has 0 aromatic heterocycles. The lowest BCUT2D eigenvalue weighted by Crippen LogP contribution is -2.45. The van der Waals surface area contributed by atoms with E-state index in [1.165, 1.54) is 5.56 Å². The summed E-state index contributed by atoms with van der Waals surface area (Å²) in [6, 6.07) is 7.79. The topological polar surface area (TPSA) is 46.3 Å². The smallest absolute Gasteiger partial charge is 0.253 e. The van der Waals surface area contributed by atoms with Crippen molar-refractivity contribution < 1.29 is 4.79 Å². The number of likely N-dealkylation sites (tertiary alicyclic amines) is 1. The predicted octanol–water partition coefficient (Wildman–Crippen LogP) is 2.05. The summed E-state index contributed by atoms with van der Waals surface area (Å²) in [5, 5.41) is 0. The van der Waals surface area contributed by atoms with Gasteiger partial charge in [-0.1, -0.05) is 24.6 Å². The van der Waals surface area contributed by atoms with Crippen molar-refractivity contribution in [3.63, 3.8) is 0 Å². The standard InChI is InChI=1S/C15H22N2O/c1-11-3-5-13(6-4-11)15(18)17-8-7-12(2)14(9-16)10-17/h3-6,12,14H,7-10,16H2,1-2H3. The Hall–Kier alpha value is -1.35. The second kappa shape index (κ2) is 5.53. The third kappa shape index (κ3) is 2.72. The van der Waals surface area contributed by atoms with Gasteiger partial charge in [-0.05, 0) is 43.9 Å². The fraction of sp³-hybridized carbons (Fsp3) is 0.533. The molecule has 1 amide bonds. The van der Waals surface area contributed by atoms with E-state index < -0.39 is 0 Å². The van der Waals surface area contributed by atoms with Crippen LogP contribution in [0.3, 0.4) is 0 Å². The molecule has 0 aliphatic carbocycles. The van der Waals surface area contributed by atoms with Gasteiger partial charge in [0.05, 0.1) is 0 Å². The molecule has 1 aromatic carbocycles. The number of rotatable bonds is 2. The molecule has 2 N–H and O–H groups in total. The molecule has 0 bridgehead atoms. The summed E-state index contributed by atoms with van der Waals surface area (Å²) in [6.07, 6.45) is 1.06. The minimum absolute atomic E-state index is 0.139. The lowest BCUT2D eigenvalue weighted by atomic mass is 9.87. The van der Waals surface area contributed by atoms with E-state index in [4.69, 9.17) is 5.73 Å². The van der Waals surface area contributed by atoms with Crippen LogP contribution in [0.2, 0.25) is 0 Å². The molecule has 0 radical (unpaired) electrons. The molecule has 1 saturated heterocycles. The Morgan fingerprint density at radius 3 is 2.67 bits per heavy atom. The average molecular weight is 246 g/mol. The summed E-state index contributed by atoms with van der Waals surface area (Å²) >= 11 is 0. The van der Waals surface area contributed by atoms with Gasteiger partial charge in [-0.3, -0.25) is 4.79 Å². The lowest BCUT2D eigenvalue weighted by molar-refractivity contribution is 0.0618. The van der Waals surface area contributed by atoms with E-state index in [0.717, 1.165) is 25.1 Å². The number of amides is 1. The molecule has 98 valence electrons. The number of carbonyl (C=O) groups excluding carboxylic acids is 1. The largest absolute Gasteiger partial charge is 0.338 e. The molecule has 1 fully saturated rings. The van der Waals surface area contributed by atoms with Crippen LogP contribution in [0.4, 0.5) is 0 Å². The van der Waals surface area contributed by atoms with E-state index in [9.17, 15) is 4.79 Å². The molecule has 3 nitrogen and oxygen atoms in total. The molecule has 1 aliphatic rings. The van der Waals surface area contributed by atoms with Gasteiger partial charge in [-0.2, -0.15) is 0 Å². The maximum absolute atomic E-state index is 12.4. The van der Waals surface area contributed by atoms with E-state index in [0.29, 0.717) is 18.4 Å². The SMILES string of the molecule is Cc1ccc(C(=O)N2CCC(C)C(CN)C2)cc1. The molecule has 2 rings (SSSR count). The highest BCUT2D eigenvalue weighted by Crippen LogP contribution is 2.23. The second-order valence-electron chi connectivity index (χ2n) is 5.38. The summed E-state index contributed by atoms with van der Waals surface area (Å²) in [5.41, 5.74) is 7.74. The van der Waals surface area contributed by atoms with Crippen molar-refractivity contribution in [2.24, 2.45) is 17.6 Å². The van der Waals surface area contributed by atoms with Crippen molar-refractivity contribution in [1.82, 2.24) is 4.90 Å². The summed E-state index contributed by atoms with van der Waals surface area (Å²) in [5.74, 6) is 1.20. The monoisotopic (exact) mass is 246 g/mol. The van der Waals surface area contributed by atoms with Crippen molar-refractivity contribution in [1.29, 1.82) is 0 Å². The highest BCUT2D eigenvalue weighted by molar-refractivity contribution is 5.94. The van der Waals surface area contributed by atoms with E-state index >= 15 is 0 Å². The van der Waals surface area contributed by atoms with Crippen molar-refractivity contribution in [2.45, 2.75) is 20.3 Å². The quantitative estimate of drug-likeness (QED) is 0.868. The van der Waals surface area contributed by atoms with Gasteiger partial charge in [0, 0.05) is 18.7 Å². The first-order valence-electron chi connectivity index (χ1n) is 6.68. The van der Waals surface area contributed by atoms with Gasteiger partial charge < -0.3 is 10.6 Å². The molecule has 1 aromatic rings. The number of aryl methyl sites for hydroxylation is 1. The first-order chi connectivity index (χ1) is 8.61. The minimum atomic E-state index is 0.139. The highest BCUT2D eigenvalue weighted by atomic mass is 16.2. The zero-order valence-electron chi connectivity index (χ0n) is 11.2. The van der Waals surface area contributed by atoms with Crippen LogP contribution in [0.25, 0.3) is 0 Å². The second-order valence-corrected chi connectivity index (χ2v) is 5.38. The molecule has 0 spiro atoms. The number of nitrogens with two attached hydrogens (primary N) is 1. The van der Waals surface area contributed by atoms with Crippen LogP contribution < -0.4 is 5.73 Å². The zero-order valence-corrected chi connectivity index (χ0v) is 11.2. The summed E-state index contributed by atoms with van der Waals surface area (Å²) in [6.45, 7) is 6.57. The Labute approximate surface area is 109 Å². The average Bonchev–Trinajstić information content (AvgIpc) is 2.39. The number of nitrogens with zero attached hydrogens (tertiary/aromatic N) is 1. The van der Waals surface area contributed by atoms with Crippen LogP contribution >= 0.6 is 0 Å². The molecular weight excluding hydrogens is 224 g/mol. The number of carbonyl (C=O) groups is 1. The van der Waals surface area contributed by atoms with Crippen LogP contribution in [0.1, 0.15) is 29.3 Å². The maximum Gasteiger partial charge on any atom is 0.253 e. The van der Waals surface area contributed by atoms with Gasteiger partial charge in [0.25, 0.3) is 5.91 Å². The molecule has 2 atom stereocenters. The fourth-order valence-corrected chi connectivity index (χ4v) is 2.52. The highest BCUT2D eigenvalue weighted by Gasteiger charge is 2.28. The molecular formula is C15H22N2O. The van der Waals surface area contributed by atoms with E-state index in [2.05, 4.69) is 6.92 Å². The summed E-state index contributed by atoms with van der Waals surface area (Å²) in [4.78, 5) is 14.3. The summed E-state index contributed by atoms with van der Waals surface area (Å²) < 4.78 is 0. The first kappa shape index (κ1) is 13.1. The minimum Gasteiger partial charge on any atom is -0.338 e. The Morgan fingerprint density at radius 1 is 1.39 bits per heavy atom. The predicted molar refractivity (Wildman–Crippen MR) is 73.4 cm³/mol. The van der Waals surface area contributed by atoms with Crippen LogP contribution in [0, 0.1) is 18.8 Å². The van der Waals surface area contributed by atoms with Crippen molar-refractivity contribution in [3.8, 4) is 0 Å². The Kier molecular flexibility index (Phi) is 4.02. The fourth-order valence-electron chi connectivity index (χ4n) is 2.52. The van der Waals surface area contributed by atoms with Crippen LogP contribution in [0.15, 0.2) is 24.3 Å². The number of hydrogen-bond donors (Lipinski definition) is 1. The van der Waals surface area contributed by atoms with Crippen molar-refractivity contribution >= 4 is 5.91 Å². The molecule has 1 heterocycles. The van der Waals surface area contributed by atoms with Gasteiger partial charge >= 0.3 is 0 Å². The van der Waals surface area contributed by atoms with Gasteiger partial charge in [0.15, 0.2) is 0 Å².